The number of amides is 4. The van der Waals surface area contributed by atoms with Gasteiger partial charge in [-0.1, -0.05) is 103 Å². The summed E-state index contributed by atoms with van der Waals surface area (Å²) in [5, 5.41) is 34.0. The van der Waals surface area contributed by atoms with E-state index in [1.165, 1.54) is 6.92 Å². The van der Waals surface area contributed by atoms with Crippen LogP contribution in [0, 0.1) is 69.5 Å². The number of esters is 8. The van der Waals surface area contributed by atoms with Gasteiger partial charge in [-0.25, -0.2) is 28.8 Å². The van der Waals surface area contributed by atoms with Gasteiger partial charge in [0.25, 0.3) is 0 Å². The maximum Gasteiger partial charge on any atom is 0.408 e. The summed E-state index contributed by atoms with van der Waals surface area (Å²) in [6.07, 6.45) is 5.48. The molecular formula is C67H111N7O25. The number of nitrogens with one attached hydrogen (secondary N) is 4. The predicted molar refractivity (Wildman–Crippen MR) is 358 cm³/mol. The van der Waals surface area contributed by atoms with E-state index >= 15 is 0 Å². The highest BCUT2D eigenvalue weighted by molar-refractivity contribution is 5.87. The molecule has 0 aliphatic rings. The van der Waals surface area contributed by atoms with E-state index in [0.717, 1.165) is 44.3 Å². The summed E-state index contributed by atoms with van der Waals surface area (Å²) in [6.45, 7) is 36.1. The summed E-state index contributed by atoms with van der Waals surface area (Å²) < 4.78 is 63.0. The number of carbonyl (C=O) groups is 12. The van der Waals surface area contributed by atoms with Gasteiger partial charge in [0.05, 0.1) is 113 Å². The van der Waals surface area contributed by atoms with Crippen molar-refractivity contribution in [1.82, 2.24) is 21.3 Å². The van der Waals surface area contributed by atoms with E-state index < -0.39 is 36.2 Å². The Bertz CT molecular complexity index is 2280. The van der Waals surface area contributed by atoms with Gasteiger partial charge >= 0.3 is 66.0 Å². The first kappa shape index (κ1) is 101. The number of nitrogens with zero attached hydrogens (tertiary/aromatic N) is 3. The first-order valence-corrected chi connectivity index (χ1v) is 32.6. The molecule has 0 saturated heterocycles. The molecule has 0 aromatic rings. The Morgan fingerprint density at radius 1 is 0.354 bits per heavy atom. The highest BCUT2D eigenvalue weighted by Crippen LogP contribution is 2.07. The first-order chi connectivity index (χ1) is 47.0. The molecule has 0 spiro atoms. The van der Waals surface area contributed by atoms with Crippen molar-refractivity contribution in [2.45, 2.75) is 148 Å². The van der Waals surface area contributed by atoms with Gasteiger partial charge in [0, 0.05) is 23.6 Å². The molecule has 0 aromatic heterocycles. The third-order valence-electron chi connectivity index (χ3n) is 12.3. The van der Waals surface area contributed by atoms with E-state index in [0.29, 0.717) is 12.0 Å². The highest BCUT2D eigenvalue weighted by Gasteiger charge is 2.16. The van der Waals surface area contributed by atoms with Crippen LogP contribution in [0.2, 0.25) is 0 Å². The average Bonchev–Trinajstić information content (AvgIpc) is 3.61. The van der Waals surface area contributed by atoms with Crippen LogP contribution < -0.4 is 21.3 Å². The highest BCUT2D eigenvalue weighted by atomic mass is 16.6. The standard InChI is InChI=1S/2C15H25NO7.C13H22N2O5.3C8H13NO2/c2*1-4-12(3)14(18)22-10-8-20-9-11-23-15(19)16-6-7-21-13(17)5-2;1-5-10(4)11(16)15-8-20-13(18)14-6-7-19-12(17)9(2)3;3*1-3-7(2)8(10)11-6-4-5-9/h2*5,12H,2,4,6-11H2,1,3H3,(H,16,19);10H,2,5-8H2,1,3-4H3,(H,14,18)(H,15,16);3*7H,3-4,6H2,1-2H3. The Kier molecular flexibility index (Phi) is 74.2. The molecule has 4 N–H and O–H groups in total. The summed E-state index contributed by atoms with van der Waals surface area (Å²) >= 11 is 0. The number of rotatable bonds is 44. The molecule has 6 unspecified atom stereocenters. The molecule has 0 aromatic carbocycles. The van der Waals surface area contributed by atoms with Crippen molar-refractivity contribution in [3.8, 4) is 18.2 Å². The Labute approximate surface area is 584 Å². The minimum Gasteiger partial charge on any atom is -0.464 e. The molecule has 0 radical (unpaired) electrons. The van der Waals surface area contributed by atoms with Crippen LogP contribution in [0.1, 0.15) is 148 Å². The van der Waals surface area contributed by atoms with Crippen LogP contribution in [0.15, 0.2) is 37.5 Å². The van der Waals surface area contributed by atoms with Gasteiger partial charge in [-0.05, 0) is 45.4 Å². The van der Waals surface area contributed by atoms with Crippen molar-refractivity contribution in [2.75, 3.05) is 119 Å². The summed E-state index contributed by atoms with van der Waals surface area (Å²) in [5.74, 6) is -3.40. The molecule has 0 aliphatic carbocycles. The maximum atomic E-state index is 11.4. The predicted octanol–water partition coefficient (Wildman–Crippen LogP) is 7.52. The molecule has 0 bridgehead atoms. The zero-order chi connectivity index (χ0) is 76.6. The summed E-state index contributed by atoms with van der Waals surface area (Å²) in [7, 11) is 0. The lowest BCUT2D eigenvalue weighted by Crippen LogP contribution is -2.35. The van der Waals surface area contributed by atoms with Crippen molar-refractivity contribution in [3.05, 3.63) is 37.5 Å². The number of ether oxygens (including phenoxy) is 13. The zero-order valence-corrected chi connectivity index (χ0v) is 60.4. The lowest BCUT2D eigenvalue weighted by molar-refractivity contribution is -0.150. The van der Waals surface area contributed by atoms with Crippen LogP contribution >= 0.6 is 0 Å². The number of hydrogen-bond acceptors (Lipinski definition) is 28. The Morgan fingerprint density at radius 2 is 0.616 bits per heavy atom. The number of carbonyl (C=O) groups excluding carboxylic acids is 12. The lowest BCUT2D eigenvalue weighted by Gasteiger charge is -2.11. The molecule has 4 amide bonds. The van der Waals surface area contributed by atoms with Gasteiger partial charge in [0.15, 0.2) is 6.73 Å². The van der Waals surface area contributed by atoms with Crippen molar-refractivity contribution < 1.29 is 119 Å². The summed E-state index contributed by atoms with van der Waals surface area (Å²) in [6, 6.07) is 5.71. The van der Waals surface area contributed by atoms with Crippen molar-refractivity contribution >= 4 is 71.9 Å². The molecule has 0 saturated carbocycles. The normalized spacial score (nSPS) is 11.4. The number of alkyl carbamates (subject to hydrolysis) is 3. The molecule has 564 valence electrons. The molecule has 0 heterocycles. The van der Waals surface area contributed by atoms with Crippen LogP contribution in [0.3, 0.4) is 0 Å². The van der Waals surface area contributed by atoms with Gasteiger partial charge in [-0.2, -0.15) is 15.8 Å². The molecular weight excluding hydrogens is 1300 g/mol. The van der Waals surface area contributed by atoms with Gasteiger partial charge in [-0.3, -0.25) is 28.8 Å². The van der Waals surface area contributed by atoms with E-state index in [2.05, 4.69) is 50.5 Å². The topological polar surface area (TPSA) is 444 Å². The molecule has 99 heavy (non-hydrogen) atoms. The minimum atomic E-state index is -0.694. The second-order valence-electron chi connectivity index (χ2n) is 20.5. The number of hydrogen-bond donors (Lipinski definition) is 4. The third-order valence-corrected chi connectivity index (χ3v) is 12.3. The van der Waals surface area contributed by atoms with Crippen molar-refractivity contribution in [1.29, 1.82) is 15.8 Å². The van der Waals surface area contributed by atoms with E-state index in [9.17, 15) is 57.5 Å². The van der Waals surface area contributed by atoms with Crippen molar-refractivity contribution in [2.24, 2.45) is 35.5 Å². The molecule has 0 fully saturated rings. The minimum absolute atomic E-state index is 0.0278. The van der Waals surface area contributed by atoms with Gasteiger partial charge < -0.3 is 82.8 Å². The fraction of sp³-hybridized carbons (Fsp3) is 0.687. The Hall–Kier alpha value is -9.35. The smallest absolute Gasteiger partial charge is 0.408 e. The first-order valence-electron chi connectivity index (χ1n) is 32.6. The zero-order valence-electron chi connectivity index (χ0n) is 60.4. The van der Waals surface area contributed by atoms with Gasteiger partial charge in [0.1, 0.15) is 66.1 Å². The van der Waals surface area contributed by atoms with Crippen LogP contribution in [0.5, 0.6) is 0 Å². The van der Waals surface area contributed by atoms with E-state index in [4.69, 9.17) is 67.9 Å². The molecule has 0 rings (SSSR count). The second kappa shape index (κ2) is 72.9. The maximum absolute atomic E-state index is 11.4. The molecule has 32 nitrogen and oxygen atoms in total. The summed E-state index contributed by atoms with van der Waals surface area (Å²) in [4.78, 5) is 133. The lowest BCUT2D eigenvalue weighted by atomic mass is 10.1. The summed E-state index contributed by atoms with van der Waals surface area (Å²) in [5.41, 5.74) is 0.292. The Balaban J connectivity index is -0.000000270. The third kappa shape index (κ3) is 71.3. The average molecular weight is 1410 g/mol. The van der Waals surface area contributed by atoms with E-state index in [-0.39, 0.29) is 209 Å². The Morgan fingerprint density at radius 3 is 0.879 bits per heavy atom. The largest absolute Gasteiger partial charge is 0.464 e. The van der Waals surface area contributed by atoms with Gasteiger partial charge in [0.2, 0.25) is 5.91 Å². The van der Waals surface area contributed by atoms with Crippen LogP contribution in [0.25, 0.3) is 0 Å². The van der Waals surface area contributed by atoms with Crippen molar-refractivity contribution in [3.63, 3.8) is 0 Å². The van der Waals surface area contributed by atoms with E-state index in [1.807, 2.05) is 80.5 Å². The fourth-order valence-corrected chi connectivity index (χ4v) is 4.96. The fourth-order valence-electron chi connectivity index (χ4n) is 4.96. The quantitative estimate of drug-likeness (QED) is 0.0151. The van der Waals surface area contributed by atoms with Crippen LogP contribution in [-0.4, -0.2) is 191 Å². The van der Waals surface area contributed by atoms with Crippen LogP contribution in [0.4, 0.5) is 14.4 Å². The molecule has 0 aliphatic heterocycles. The monoisotopic (exact) mass is 1410 g/mol. The SMILES string of the molecule is C=C(C)C(=O)OCCNC(=O)OCNC(=O)C(C)CC.C=CC(=O)OCCNC(=O)OCCOCCOC(=O)C(C)CC.C=CC(=O)OCCNC(=O)OCCOCCOC(=O)C(C)CC.CCC(C)C(=O)OCCC#N.CCC(C)C(=O)OCCC#N.CCC(C)C(=O)OCCC#N. The van der Waals surface area contributed by atoms with E-state index in [1.54, 1.807) is 20.8 Å². The van der Waals surface area contributed by atoms with Crippen LogP contribution in [-0.2, 0) is 105 Å². The second-order valence-corrected chi connectivity index (χ2v) is 20.5. The number of nitriles is 3. The molecule has 32 heteroatoms. The molecule has 6 atom stereocenters. The van der Waals surface area contributed by atoms with Gasteiger partial charge in [-0.15, -0.1) is 0 Å².